The molecule has 1 aromatic heterocycles. The highest BCUT2D eigenvalue weighted by Crippen LogP contribution is 2.16. The molecule has 2 aromatic rings. The van der Waals surface area contributed by atoms with Gasteiger partial charge in [-0.05, 0) is 19.1 Å². The van der Waals surface area contributed by atoms with E-state index in [1.165, 1.54) is 5.56 Å². The Morgan fingerprint density at radius 3 is 2.41 bits per heavy atom. The minimum atomic E-state index is 0.324. The molecular formula is C12H14ClN3O. The van der Waals surface area contributed by atoms with Crippen LogP contribution in [0.5, 0.6) is 0 Å². The Kier molecular flexibility index (Phi) is 3.76. The third kappa shape index (κ3) is 2.48. The molecule has 0 spiro atoms. The van der Waals surface area contributed by atoms with E-state index < -0.39 is 0 Å². The molecule has 0 saturated heterocycles. The van der Waals surface area contributed by atoms with E-state index in [-0.39, 0.29) is 0 Å². The summed E-state index contributed by atoms with van der Waals surface area (Å²) in [5.41, 5.74) is 2.21. The summed E-state index contributed by atoms with van der Waals surface area (Å²) in [4.78, 5) is 0. The maximum atomic E-state index is 5.86. The van der Waals surface area contributed by atoms with Gasteiger partial charge in [0, 0.05) is 12.8 Å². The van der Waals surface area contributed by atoms with Gasteiger partial charge in [-0.3, -0.25) is 4.57 Å². The fraction of sp³-hybridized carbons (Fsp3) is 0.333. The van der Waals surface area contributed by atoms with Gasteiger partial charge in [-0.25, -0.2) is 0 Å². The van der Waals surface area contributed by atoms with Crippen LogP contribution in [0.25, 0.3) is 5.69 Å². The smallest absolute Gasteiger partial charge is 0.163 e. The normalized spacial score (nSPS) is 10.8. The molecule has 0 amide bonds. The van der Waals surface area contributed by atoms with Gasteiger partial charge in [-0.1, -0.05) is 17.7 Å². The summed E-state index contributed by atoms with van der Waals surface area (Å²) in [5.74, 6) is 1.81. The Hall–Kier alpha value is -1.39. The highest BCUT2D eigenvalue weighted by atomic mass is 35.5. The number of methoxy groups -OCH3 is 1. The molecule has 1 heterocycles. The summed E-state index contributed by atoms with van der Waals surface area (Å²) in [6, 6.07) is 8.13. The van der Waals surface area contributed by atoms with Crippen molar-refractivity contribution in [1.82, 2.24) is 14.8 Å². The third-order valence-corrected chi connectivity index (χ3v) is 2.72. The number of aromatic nitrogens is 3. The molecule has 0 aliphatic heterocycles. The van der Waals surface area contributed by atoms with E-state index in [4.69, 9.17) is 16.3 Å². The molecule has 17 heavy (non-hydrogen) atoms. The lowest BCUT2D eigenvalue weighted by molar-refractivity contribution is 0.176. The minimum absolute atomic E-state index is 0.324. The Bertz CT molecular complexity index is 493. The van der Waals surface area contributed by atoms with E-state index in [0.717, 1.165) is 17.3 Å². The topological polar surface area (TPSA) is 39.9 Å². The number of benzene rings is 1. The van der Waals surface area contributed by atoms with Gasteiger partial charge >= 0.3 is 0 Å². The lowest BCUT2D eigenvalue weighted by Gasteiger charge is -2.09. The summed E-state index contributed by atoms with van der Waals surface area (Å²) < 4.78 is 7.03. The number of nitrogens with zero attached hydrogens (tertiary/aromatic N) is 3. The van der Waals surface area contributed by atoms with Gasteiger partial charge in [0.1, 0.15) is 6.61 Å². The molecule has 0 unspecified atom stereocenters. The Balaban J connectivity index is 2.47. The van der Waals surface area contributed by atoms with Gasteiger partial charge in [0.25, 0.3) is 0 Å². The predicted molar refractivity (Wildman–Crippen MR) is 66.4 cm³/mol. The Morgan fingerprint density at radius 1 is 1.18 bits per heavy atom. The van der Waals surface area contributed by atoms with Gasteiger partial charge in [0.05, 0.1) is 5.88 Å². The van der Waals surface area contributed by atoms with Crippen LogP contribution in [0.15, 0.2) is 24.3 Å². The maximum absolute atomic E-state index is 5.86. The number of rotatable bonds is 4. The molecule has 1 aromatic carbocycles. The van der Waals surface area contributed by atoms with Gasteiger partial charge in [-0.15, -0.1) is 21.8 Å². The van der Waals surface area contributed by atoms with Crippen LogP contribution in [-0.4, -0.2) is 21.9 Å². The van der Waals surface area contributed by atoms with Crippen molar-refractivity contribution in [1.29, 1.82) is 0 Å². The van der Waals surface area contributed by atoms with Gasteiger partial charge in [-0.2, -0.15) is 0 Å². The molecule has 90 valence electrons. The standard InChI is InChI=1S/C12H14ClN3O/c1-9-3-5-10(6-4-9)16-11(7-13)14-15-12(16)8-17-2/h3-6H,7-8H2,1-2H3. The zero-order valence-electron chi connectivity index (χ0n) is 9.85. The van der Waals surface area contributed by atoms with Crippen molar-refractivity contribution in [2.75, 3.05) is 7.11 Å². The zero-order chi connectivity index (χ0) is 12.3. The SMILES string of the molecule is COCc1nnc(CCl)n1-c1ccc(C)cc1. The average molecular weight is 252 g/mol. The molecule has 0 atom stereocenters. The minimum Gasteiger partial charge on any atom is -0.377 e. The Morgan fingerprint density at radius 2 is 1.82 bits per heavy atom. The van der Waals surface area contributed by atoms with E-state index in [0.29, 0.717) is 12.5 Å². The first-order chi connectivity index (χ1) is 8.26. The molecule has 0 bridgehead atoms. The van der Waals surface area contributed by atoms with E-state index in [1.807, 2.05) is 28.8 Å². The molecule has 0 radical (unpaired) electrons. The van der Waals surface area contributed by atoms with Crippen molar-refractivity contribution >= 4 is 11.6 Å². The zero-order valence-corrected chi connectivity index (χ0v) is 10.6. The third-order valence-electron chi connectivity index (χ3n) is 2.48. The van der Waals surface area contributed by atoms with Gasteiger partial charge in [0.15, 0.2) is 11.6 Å². The van der Waals surface area contributed by atoms with Crippen LogP contribution in [-0.2, 0) is 17.2 Å². The monoisotopic (exact) mass is 251 g/mol. The number of alkyl halides is 1. The van der Waals surface area contributed by atoms with Crippen LogP contribution in [0.3, 0.4) is 0 Å². The number of halogens is 1. The molecule has 0 aliphatic carbocycles. The average Bonchev–Trinajstić information content (AvgIpc) is 2.74. The second-order valence-corrected chi connectivity index (χ2v) is 4.04. The number of hydrogen-bond acceptors (Lipinski definition) is 3. The van der Waals surface area contributed by atoms with E-state index in [2.05, 4.69) is 17.1 Å². The lowest BCUT2D eigenvalue weighted by atomic mass is 10.2. The van der Waals surface area contributed by atoms with E-state index >= 15 is 0 Å². The quantitative estimate of drug-likeness (QED) is 0.784. The summed E-state index contributed by atoms with van der Waals surface area (Å²) in [7, 11) is 1.63. The number of aryl methyl sites for hydroxylation is 1. The van der Waals surface area contributed by atoms with Gasteiger partial charge in [0.2, 0.25) is 0 Å². The lowest BCUT2D eigenvalue weighted by Crippen LogP contribution is -2.05. The van der Waals surface area contributed by atoms with Crippen LogP contribution in [0.1, 0.15) is 17.2 Å². The van der Waals surface area contributed by atoms with Crippen LogP contribution >= 0.6 is 11.6 Å². The fourth-order valence-corrected chi connectivity index (χ4v) is 1.83. The van der Waals surface area contributed by atoms with Gasteiger partial charge < -0.3 is 4.74 Å². The first-order valence-electron chi connectivity index (χ1n) is 5.31. The van der Waals surface area contributed by atoms with Crippen LogP contribution in [0.4, 0.5) is 0 Å². The maximum Gasteiger partial charge on any atom is 0.163 e. The first-order valence-corrected chi connectivity index (χ1v) is 5.85. The molecule has 0 N–H and O–H groups in total. The van der Waals surface area contributed by atoms with Crippen molar-refractivity contribution in [2.24, 2.45) is 0 Å². The van der Waals surface area contributed by atoms with E-state index in [1.54, 1.807) is 7.11 Å². The largest absolute Gasteiger partial charge is 0.377 e. The van der Waals surface area contributed by atoms with Crippen molar-refractivity contribution < 1.29 is 4.74 Å². The number of hydrogen-bond donors (Lipinski definition) is 0. The van der Waals surface area contributed by atoms with Crippen LogP contribution in [0.2, 0.25) is 0 Å². The Labute approximate surface area is 105 Å². The van der Waals surface area contributed by atoms with Crippen molar-refractivity contribution in [3.8, 4) is 5.69 Å². The van der Waals surface area contributed by atoms with Crippen LogP contribution in [0, 0.1) is 6.92 Å². The van der Waals surface area contributed by atoms with Crippen molar-refractivity contribution in [3.63, 3.8) is 0 Å². The van der Waals surface area contributed by atoms with Crippen LogP contribution < -0.4 is 0 Å². The summed E-state index contributed by atoms with van der Waals surface area (Å²) in [6.45, 7) is 2.46. The summed E-state index contributed by atoms with van der Waals surface area (Å²) >= 11 is 5.86. The van der Waals surface area contributed by atoms with Crippen molar-refractivity contribution in [2.45, 2.75) is 19.4 Å². The van der Waals surface area contributed by atoms with Crippen molar-refractivity contribution in [3.05, 3.63) is 41.5 Å². The molecule has 4 nitrogen and oxygen atoms in total. The summed E-state index contributed by atoms with van der Waals surface area (Å²) in [6.07, 6.45) is 0. The molecule has 5 heteroatoms. The highest BCUT2D eigenvalue weighted by molar-refractivity contribution is 6.16. The molecular weight excluding hydrogens is 238 g/mol. The fourth-order valence-electron chi connectivity index (χ4n) is 1.65. The van der Waals surface area contributed by atoms with E-state index in [9.17, 15) is 0 Å². The highest BCUT2D eigenvalue weighted by Gasteiger charge is 2.12. The molecule has 0 saturated carbocycles. The molecule has 0 aliphatic rings. The molecule has 0 fully saturated rings. The second kappa shape index (κ2) is 5.29. The second-order valence-electron chi connectivity index (χ2n) is 3.77. The molecule has 2 rings (SSSR count). The number of ether oxygens (including phenoxy) is 1. The summed E-state index contributed by atoms with van der Waals surface area (Å²) in [5, 5.41) is 8.13. The predicted octanol–water partition coefficient (Wildman–Crippen LogP) is 2.46. The first kappa shape index (κ1) is 12.1.